The van der Waals surface area contributed by atoms with Crippen molar-refractivity contribution in [2.45, 2.75) is 18.9 Å². The van der Waals surface area contributed by atoms with Crippen LogP contribution >= 0.6 is 0 Å². The van der Waals surface area contributed by atoms with Crippen LogP contribution in [0.25, 0.3) is 0 Å². The summed E-state index contributed by atoms with van der Waals surface area (Å²) in [7, 11) is 0. The van der Waals surface area contributed by atoms with E-state index in [0.717, 1.165) is 32.6 Å². The minimum absolute atomic E-state index is 0.0225. The average Bonchev–Trinajstić information content (AvgIpc) is 2.69. The second kappa shape index (κ2) is 6.60. The molecule has 1 saturated heterocycles. The number of nitrogens with zero attached hydrogens (tertiary/aromatic N) is 2. The molecule has 1 N–H and O–H groups in total. The zero-order valence-electron chi connectivity index (χ0n) is 10.6. The number of nitriles is 1. The van der Waals surface area contributed by atoms with Gasteiger partial charge < -0.3 is 5.32 Å². The summed E-state index contributed by atoms with van der Waals surface area (Å²) in [5.41, 5.74) is 0.632. The summed E-state index contributed by atoms with van der Waals surface area (Å²) >= 11 is 0. The first kappa shape index (κ1) is 13.9. The molecule has 0 aromatic heterocycles. The number of hydrogen-bond acceptors (Lipinski definition) is 3. The molecule has 0 bridgehead atoms. The Hall–Kier alpha value is -1.51. The molecular formula is C14H17F2N3. The Morgan fingerprint density at radius 1 is 1.21 bits per heavy atom. The third-order valence-electron chi connectivity index (χ3n) is 3.34. The van der Waals surface area contributed by atoms with Crippen molar-refractivity contribution in [3.05, 3.63) is 35.4 Å². The smallest absolute Gasteiger partial charge is 0.263 e. The van der Waals surface area contributed by atoms with E-state index >= 15 is 0 Å². The lowest BCUT2D eigenvalue weighted by Crippen LogP contribution is -2.31. The lowest BCUT2D eigenvalue weighted by molar-refractivity contribution is 0.151. The summed E-state index contributed by atoms with van der Waals surface area (Å²) < 4.78 is 25.4. The highest BCUT2D eigenvalue weighted by molar-refractivity contribution is 5.30. The van der Waals surface area contributed by atoms with Gasteiger partial charge in [0, 0.05) is 25.2 Å². The molecule has 3 nitrogen and oxygen atoms in total. The second-order valence-corrected chi connectivity index (χ2v) is 4.64. The largest absolute Gasteiger partial charge is 0.315 e. The fourth-order valence-corrected chi connectivity index (χ4v) is 2.36. The van der Waals surface area contributed by atoms with Crippen molar-refractivity contribution >= 4 is 0 Å². The van der Waals surface area contributed by atoms with E-state index in [2.05, 4.69) is 11.4 Å². The average molecular weight is 265 g/mol. The zero-order valence-corrected chi connectivity index (χ0v) is 10.6. The van der Waals surface area contributed by atoms with E-state index in [9.17, 15) is 14.0 Å². The summed E-state index contributed by atoms with van der Waals surface area (Å²) in [6.45, 7) is 3.33. The van der Waals surface area contributed by atoms with Gasteiger partial charge in [-0.2, -0.15) is 5.26 Å². The molecule has 1 aromatic rings. The molecule has 5 heteroatoms. The van der Waals surface area contributed by atoms with Gasteiger partial charge in [-0.1, -0.05) is 18.2 Å². The Labute approximate surface area is 111 Å². The molecule has 0 saturated carbocycles. The van der Waals surface area contributed by atoms with Crippen molar-refractivity contribution in [1.29, 1.82) is 5.26 Å². The minimum Gasteiger partial charge on any atom is -0.315 e. The van der Waals surface area contributed by atoms with Crippen LogP contribution in [0.1, 0.15) is 30.0 Å². The van der Waals surface area contributed by atoms with Crippen LogP contribution in [0.3, 0.4) is 0 Å². The molecule has 1 unspecified atom stereocenters. The second-order valence-electron chi connectivity index (χ2n) is 4.64. The standard InChI is InChI=1S/C14H17F2N3/c15-14(16)12-4-1-3-11(9-12)13(10-17)19-7-2-5-18-6-8-19/h1,3-4,9,13-14,18H,2,5-8H2. The highest BCUT2D eigenvalue weighted by Crippen LogP contribution is 2.25. The van der Waals surface area contributed by atoms with E-state index in [1.807, 2.05) is 4.90 Å². The fraction of sp³-hybridized carbons (Fsp3) is 0.500. The Morgan fingerprint density at radius 3 is 2.74 bits per heavy atom. The van der Waals surface area contributed by atoms with E-state index < -0.39 is 12.5 Å². The van der Waals surface area contributed by atoms with E-state index in [1.54, 1.807) is 12.1 Å². The lowest BCUT2D eigenvalue weighted by Gasteiger charge is -2.25. The number of alkyl halides is 2. The molecule has 1 aliphatic heterocycles. The van der Waals surface area contributed by atoms with E-state index in [0.29, 0.717) is 5.56 Å². The van der Waals surface area contributed by atoms with Gasteiger partial charge in [-0.3, -0.25) is 4.90 Å². The van der Waals surface area contributed by atoms with Crippen LogP contribution in [-0.2, 0) is 0 Å². The van der Waals surface area contributed by atoms with Crippen LogP contribution in [0, 0.1) is 11.3 Å². The molecule has 0 aliphatic carbocycles. The van der Waals surface area contributed by atoms with E-state index in [-0.39, 0.29) is 5.56 Å². The molecule has 2 rings (SSSR count). The van der Waals surface area contributed by atoms with E-state index in [1.165, 1.54) is 12.1 Å². The fourth-order valence-electron chi connectivity index (χ4n) is 2.36. The SMILES string of the molecule is N#CC(c1cccc(C(F)F)c1)N1CCCNCC1. The molecule has 19 heavy (non-hydrogen) atoms. The number of halogens is 2. The third-order valence-corrected chi connectivity index (χ3v) is 3.34. The first-order valence-corrected chi connectivity index (χ1v) is 6.45. The van der Waals surface area contributed by atoms with Crippen LogP contribution < -0.4 is 5.32 Å². The summed E-state index contributed by atoms with van der Waals surface area (Å²) in [4.78, 5) is 2.05. The summed E-state index contributed by atoms with van der Waals surface area (Å²) in [6, 6.07) is 7.97. The third kappa shape index (κ3) is 3.49. The van der Waals surface area contributed by atoms with Crippen LogP contribution in [0.4, 0.5) is 8.78 Å². The van der Waals surface area contributed by atoms with Gasteiger partial charge in [-0.25, -0.2) is 8.78 Å². The normalized spacial score (nSPS) is 18.8. The van der Waals surface area contributed by atoms with Gasteiger partial charge in [-0.15, -0.1) is 0 Å². The molecule has 1 fully saturated rings. The highest BCUT2D eigenvalue weighted by Gasteiger charge is 2.21. The van der Waals surface area contributed by atoms with Gasteiger partial charge in [0.2, 0.25) is 0 Å². The molecule has 1 heterocycles. The maximum Gasteiger partial charge on any atom is 0.263 e. The molecule has 0 amide bonds. The van der Waals surface area contributed by atoms with Gasteiger partial charge in [0.15, 0.2) is 0 Å². The predicted octanol–water partition coefficient (Wildman–Crippen LogP) is 2.48. The Bertz CT molecular complexity index is 448. The van der Waals surface area contributed by atoms with Crippen LogP contribution in [0.2, 0.25) is 0 Å². The number of rotatable bonds is 3. The van der Waals surface area contributed by atoms with Crippen molar-refractivity contribution in [3.8, 4) is 6.07 Å². The van der Waals surface area contributed by atoms with Crippen LogP contribution in [0.5, 0.6) is 0 Å². The van der Waals surface area contributed by atoms with Gasteiger partial charge >= 0.3 is 0 Å². The molecule has 102 valence electrons. The first-order chi connectivity index (χ1) is 9.22. The van der Waals surface area contributed by atoms with Gasteiger partial charge in [0.1, 0.15) is 6.04 Å². The van der Waals surface area contributed by atoms with Crippen molar-refractivity contribution in [2.75, 3.05) is 26.2 Å². The first-order valence-electron chi connectivity index (χ1n) is 6.45. The molecular weight excluding hydrogens is 248 g/mol. The maximum absolute atomic E-state index is 12.7. The summed E-state index contributed by atoms with van der Waals surface area (Å²) in [5, 5.41) is 12.6. The lowest BCUT2D eigenvalue weighted by atomic mass is 10.0. The maximum atomic E-state index is 12.7. The topological polar surface area (TPSA) is 39.1 Å². The quantitative estimate of drug-likeness (QED) is 0.912. The van der Waals surface area contributed by atoms with Gasteiger partial charge in [0.25, 0.3) is 6.43 Å². The monoisotopic (exact) mass is 265 g/mol. The molecule has 1 aliphatic rings. The van der Waals surface area contributed by atoms with E-state index in [4.69, 9.17) is 0 Å². The predicted molar refractivity (Wildman–Crippen MR) is 68.8 cm³/mol. The Kier molecular flexibility index (Phi) is 4.83. The molecule has 1 aromatic carbocycles. The minimum atomic E-state index is -2.50. The number of hydrogen-bond donors (Lipinski definition) is 1. The van der Waals surface area contributed by atoms with Crippen LogP contribution in [-0.4, -0.2) is 31.1 Å². The highest BCUT2D eigenvalue weighted by atomic mass is 19.3. The van der Waals surface area contributed by atoms with Crippen molar-refractivity contribution < 1.29 is 8.78 Å². The number of benzene rings is 1. The van der Waals surface area contributed by atoms with Crippen molar-refractivity contribution in [1.82, 2.24) is 10.2 Å². The van der Waals surface area contributed by atoms with Gasteiger partial charge in [0.05, 0.1) is 6.07 Å². The summed E-state index contributed by atoms with van der Waals surface area (Å²) in [6.07, 6.45) is -1.53. The molecule has 0 radical (unpaired) electrons. The molecule has 0 spiro atoms. The Morgan fingerprint density at radius 2 is 2.00 bits per heavy atom. The van der Waals surface area contributed by atoms with Crippen LogP contribution in [0.15, 0.2) is 24.3 Å². The Balaban J connectivity index is 2.21. The number of nitrogens with one attached hydrogen (secondary N) is 1. The summed E-state index contributed by atoms with van der Waals surface area (Å²) in [5.74, 6) is 0. The van der Waals surface area contributed by atoms with Gasteiger partial charge in [-0.05, 0) is 24.6 Å². The van der Waals surface area contributed by atoms with Crippen molar-refractivity contribution in [3.63, 3.8) is 0 Å². The molecule has 1 atom stereocenters. The zero-order chi connectivity index (χ0) is 13.7. The van der Waals surface area contributed by atoms with Crippen molar-refractivity contribution in [2.24, 2.45) is 0 Å².